The molecule has 6 unspecified atom stereocenters. The van der Waals surface area contributed by atoms with E-state index in [1.54, 1.807) is 0 Å². The molecular formula is C25H54O5Si5. The van der Waals surface area contributed by atoms with E-state index < -0.39 is 42.3 Å². The molecular weight excluding hydrogens is 521 g/mol. The summed E-state index contributed by atoms with van der Waals surface area (Å²) in [6, 6.07) is 1.21. The number of epoxide rings is 1. The van der Waals surface area contributed by atoms with Crippen LogP contribution in [0.15, 0.2) is 0 Å². The van der Waals surface area contributed by atoms with Gasteiger partial charge in [-0.25, -0.2) is 0 Å². The van der Waals surface area contributed by atoms with Gasteiger partial charge in [0.05, 0.1) is 12.2 Å². The monoisotopic (exact) mass is 574 g/mol. The van der Waals surface area contributed by atoms with E-state index in [4.69, 9.17) is 21.2 Å². The van der Waals surface area contributed by atoms with Gasteiger partial charge in [-0.3, -0.25) is 0 Å². The minimum absolute atomic E-state index is 0.573. The first-order valence-electron chi connectivity index (χ1n) is 14.4. The van der Waals surface area contributed by atoms with Crippen LogP contribution in [0.3, 0.4) is 0 Å². The van der Waals surface area contributed by atoms with Crippen molar-refractivity contribution < 1.29 is 21.2 Å². The lowest BCUT2D eigenvalue weighted by atomic mass is 9.88. The van der Waals surface area contributed by atoms with Crippen LogP contribution in [-0.4, -0.2) is 54.5 Å². The lowest BCUT2D eigenvalue weighted by molar-refractivity contribution is 0.292. The van der Waals surface area contributed by atoms with Gasteiger partial charge in [0, 0.05) is 0 Å². The van der Waals surface area contributed by atoms with Crippen LogP contribution in [0, 0.1) is 17.8 Å². The normalized spacial score (nSPS) is 33.8. The summed E-state index contributed by atoms with van der Waals surface area (Å²) in [7, 11) is -10.6. The second-order valence-electron chi connectivity index (χ2n) is 14.7. The Morgan fingerprint density at radius 1 is 0.629 bits per heavy atom. The molecule has 6 atom stereocenters. The first-order valence-corrected chi connectivity index (χ1v) is 29.0. The number of rotatable bonds is 12. The third-order valence-corrected chi connectivity index (χ3v) is 29.0. The summed E-state index contributed by atoms with van der Waals surface area (Å²) >= 11 is 0. The van der Waals surface area contributed by atoms with Crippen LogP contribution in [0.25, 0.3) is 0 Å². The molecule has 1 heterocycles. The average molecular weight is 575 g/mol. The van der Waals surface area contributed by atoms with Gasteiger partial charge in [-0.1, -0.05) is 19.3 Å². The highest BCUT2D eigenvalue weighted by atomic mass is 28.5. The quantitative estimate of drug-likeness (QED) is 0.176. The van der Waals surface area contributed by atoms with Gasteiger partial charge >= 0.3 is 25.7 Å². The molecule has 2 bridgehead atoms. The molecule has 10 heteroatoms. The largest absolute Gasteiger partial charge is 0.436 e. The van der Waals surface area contributed by atoms with E-state index in [9.17, 15) is 0 Å². The zero-order valence-electron chi connectivity index (χ0n) is 24.4. The summed E-state index contributed by atoms with van der Waals surface area (Å²) < 4.78 is 33.3. The fraction of sp³-hybridized carbons (Fsp3) is 1.00. The average Bonchev–Trinajstić information content (AvgIpc) is 3.08. The molecule has 4 aliphatic rings. The standard InChI is InChI=1S/C25H54O5Si5/c1-31(2,16-15-20-12-14-23-24(18-20)26-23)27-33(5,6)29-35(9,10)30-34(7,8)28-32(3,4)25-19-21-11-13-22(25)17-21/h20-25H,11-19H2,1-10H3. The summed E-state index contributed by atoms with van der Waals surface area (Å²) in [6.07, 6.45) is 12.0. The third kappa shape index (κ3) is 7.95. The maximum absolute atomic E-state index is 7.01. The lowest BCUT2D eigenvalue weighted by Crippen LogP contribution is -2.59. The zero-order chi connectivity index (χ0) is 25.9. The van der Waals surface area contributed by atoms with Crippen LogP contribution in [0.1, 0.15) is 51.4 Å². The van der Waals surface area contributed by atoms with Crippen LogP contribution >= 0.6 is 0 Å². The molecule has 0 aromatic heterocycles. The van der Waals surface area contributed by atoms with E-state index in [-0.39, 0.29) is 0 Å². The molecule has 35 heavy (non-hydrogen) atoms. The topological polar surface area (TPSA) is 49.5 Å². The van der Waals surface area contributed by atoms with Crippen molar-refractivity contribution >= 4 is 42.3 Å². The van der Waals surface area contributed by atoms with Crippen LogP contribution in [0.5, 0.6) is 0 Å². The predicted molar refractivity (Wildman–Crippen MR) is 156 cm³/mol. The van der Waals surface area contributed by atoms with E-state index in [0.717, 1.165) is 23.3 Å². The summed E-state index contributed by atoms with van der Waals surface area (Å²) in [5.74, 6) is 2.70. The van der Waals surface area contributed by atoms with E-state index in [1.165, 1.54) is 57.4 Å². The van der Waals surface area contributed by atoms with Crippen molar-refractivity contribution in [1.82, 2.24) is 0 Å². The summed E-state index contributed by atoms with van der Waals surface area (Å²) in [4.78, 5) is 0. The lowest BCUT2D eigenvalue weighted by Gasteiger charge is -2.44. The van der Waals surface area contributed by atoms with Crippen molar-refractivity contribution in [2.45, 2.75) is 141 Å². The molecule has 0 spiro atoms. The number of hydrogen-bond donors (Lipinski definition) is 0. The molecule has 0 radical (unpaired) electrons. The molecule has 204 valence electrons. The number of ether oxygens (including phenoxy) is 1. The van der Waals surface area contributed by atoms with Gasteiger partial charge in [0.2, 0.25) is 0 Å². The third-order valence-electron chi connectivity index (χ3n) is 8.91. The molecule has 0 aromatic rings. The molecule has 3 aliphatic carbocycles. The molecule has 4 fully saturated rings. The van der Waals surface area contributed by atoms with Gasteiger partial charge in [0.25, 0.3) is 0 Å². The molecule has 4 rings (SSSR count). The Bertz CT molecular complexity index is 759. The van der Waals surface area contributed by atoms with Gasteiger partial charge in [-0.05, 0) is 127 Å². The Hall–Kier alpha value is 0.884. The molecule has 3 saturated carbocycles. The maximum atomic E-state index is 7.01. The Labute approximate surface area is 221 Å². The molecule has 1 aliphatic heterocycles. The van der Waals surface area contributed by atoms with Crippen LogP contribution in [0.4, 0.5) is 0 Å². The molecule has 0 aromatic carbocycles. The minimum atomic E-state index is -2.39. The Morgan fingerprint density at radius 3 is 1.83 bits per heavy atom. The molecule has 0 amide bonds. The van der Waals surface area contributed by atoms with E-state index in [0.29, 0.717) is 12.2 Å². The molecule has 5 nitrogen and oxygen atoms in total. The predicted octanol–water partition coefficient (Wildman–Crippen LogP) is 7.72. The van der Waals surface area contributed by atoms with Crippen molar-refractivity contribution in [2.24, 2.45) is 17.8 Å². The van der Waals surface area contributed by atoms with E-state index in [1.807, 2.05) is 0 Å². The van der Waals surface area contributed by atoms with Gasteiger partial charge in [-0.2, -0.15) is 0 Å². The summed E-state index contributed by atoms with van der Waals surface area (Å²) in [5.41, 5.74) is 0.810. The number of hydrogen-bond acceptors (Lipinski definition) is 5. The minimum Gasteiger partial charge on any atom is -0.436 e. The highest BCUT2D eigenvalue weighted by Gasteiger charge is 2.52. The van der Waals surface area contributed by atoms with Crippen LogP contribution in [0.2, 0.25) is 77.1 Å². The van der Waals surface area contributed by atoms with E-state index >= 15 is 0 Å². The fourth-order valence-corrected chi connectivity index (χ4v) is 34.0. The van der Waals surface area contributed by atoms with Gasteiger partial charge in [0.1, 0.15) is 0 Å². The van der Waals surface area contributed by atoms with Gasteiger partial charge in [-0.15, -0.1) is 0 Å². The van der Waals surface area contributed by atoms with Crippen LogP contribution in [-0.2, 0) is 21.2 Å². The van der Waals surface area contributed by atoms with Crippen molar-refractivity contribution in [3.05, 3.63) is 0 Å². The fourth-order valence-electron chi connectivity index (χ4n) is 8.07. The second kappa shape index (κ2) is 10.1. The van der Waals surface area contributed by atoms with Crippen molar-refractivity contribution in [2.75, 3.05) is 0 Å². The van der Waals surface area contributed by atoms with Gasteiger partial charge in [0.15, 0.2) is 16.6 Å². The van der Waals surface area contributed by atoms with Crippen molar-refractivity contribution in [3.63, 3.8) is 0 Å². The zero-order valence-corrected chi connectivity index (χ0v) is 29.4. The number of fused-ring (bicyclic) bond motifs is 3. The SMILES string of the molecule is C[Si](C)(CCC1CCC2OC2C1)O[Si](C)(C)O[Si](C)(C)O[Si](C)(C)O[Si](C)(C)C1CC2CCC1C2. The van der Waals surface area contributed by atoms with Crippen molar-refractivity contribution in [1.29, 1.82) is 0 Å². The van der Waals surface area contributed by atoms with Crippen molar-refractivity contribution in [3.8, 4) is 0 Å². The summed E-state index contributed by atoms with van der Waals surface area (Å²) in [5, 5.41) is 0. The Kier molecular flexibility index (Phi) is 8.36. The molecule has 0 N–H and O–H groups in total. The summed E-state index contributed by atoms with van der Waals surface area (Å²) in [6.45, 7) is 23.0. The second-order valence-corrected chi connectivity index (χ2v) is 34.3. The highest BCUT2D eigenvalue weighted by molar-refractivity contribution is 6.90. The highest BCUT2D eigenvalue weighted by Crippen LogP contribution is 2.56. The maximum Gasteiger partial charge on any atom is 0.314 e. The van der Waals surface area contributed by atoms with Crippen LogP contribution < -0.4 is 0 Å². The Balaban J connectivity index is 1.27. The first kappa shape index (κ1) is 28.9. The molecule has 1 saturated heterocycles. The van der Waals surface area contributed by atoms with Gasteiger partial charge < -0.3 is 21.2 Å². The Morgan fingerprint density at radius 2 is 1.26 bits per heavy atom. The first-order chi connectivity index (χ1) is 15.9. The smallest absolute Gasteiger partial charge is 0.314 e. The van der Waals surface area contributed by atoms with E-state index in [2.05, 4.69) is 65.5 Å².